The van der Waals surface area contributed by atoms with Gasteiger partial charge in [-0.05, 0) is 31.3 Å². The third kappa shape index (κ3) is 6.15. The van der Waals surface area contributed by atoms with Crippen molar-refractivity contribution in [3.05, 3.63) is 23.8 Å². The Bertz CT molecular complexity index is 604. The van der Waals surface area contributed by atoms with Gasteiger partial charge in [0.05, 0.1) is 46.2 Å². The number of benzene rings is 1. The molecule has 1 aromatic rings. The van der Waals surface area contributed by atoms with E-state index in [1.54, 1.807) is 14.2 Å². The molecule has 0 amide bonds. The SMILES string of the molecule is COc1ccc(/C(C)=N\NC(=S)NCC[NH+]2CCOCC2)c(OC)c1. The summed E-state index contributed by atoms with van der Waals surface area (Å²) < 4.78 is 16.0. The van der Waals surface area contributed by atoms with E-state index in [2.05, 4.69) is 15.8 Å². The van der Waals surface area contributed by atoms with Crippen molar-refractivity contribution >= 4 is 23.0 Å². The summed E-state index contributed by atoms with van der Waals surface area (Å²) in [6.07, 6.45) is 0. The van der Waals surface area contributed by atoms with Gasteiger partial charge in [0.25, 0.3) is 0 Å². The maximum atomic E-state index is 5.40. The van der Waals surface area contributed by atoms with Crippen LogP contribution in [0, 0.1) is 0 Å². The molecule has 1 aliphatic rings. The second-order valence-corrected chi connectivity index (χ2v) is 6.15. The molecule has 0 spiro atoms. The number of nitrogens with zero attached hydrogens (tertiary/aromatic N) is 1. The fourth-order valence-corrected chi connectivity index (χ4v) is 2.74. The zero-order chi connectivity index (χ0) is 18.1. The van der Waals surface area contributed by atoms with E-state index >= 15 is 0 Å². The van der Waals surface area contributed by atoms with Crippen LogP contribution >= 0.6 is 12.2 Å². The topological polar surface area (TPSA) is 68.5 Å². The first kappa shape index (κ1) is 19.4. The number of hydrazone groups is 1. The largest absolute Gasteiger partial charge is 0.497 e. The normalized spacial score (nSPS) is 15.6. The van der Waals surface area contributed by atoms with Crippen molar-refractivity contribution in [2.75, 3.05) is 53.6 Å². The first-order chi connectivity index (χ1) is 12.1. The molecular weight excluding hydrogens is 340 g/mol. The quantitative estimate of drug-likeness (QED) is 0.353. The average Bonchev–Trinajstić information content (AvgIpc) is 2.66. The zero-order valence-corrected chi connectivity index (χ0v) is 15.9. The number of morpholine rings is 1. The Morgan fingerprint density at radius 2 is 2.04 bits per heavy atom. The Morgan fingerprint density at radius 1 is 1.28 bits per heavy atom. The molecule has 1 saturated heterocycles. The van der Waals surface area contributed by atoms with Crippen LogP contribution in [-0.2, 0) is 4.74 Å². The first-order valence-corrected chi connectivity index (χ1v) is 8.76. The highest BCUT2D eigenvalue weighted by molar-refractivity contribution is 7.80. The van der Waals surface area contributed by atoms with Crippen LogP contribution in [0.5, 0.6) is 11.5 Å². The Balaban J connectivity index is 1.82. The molecule has 1 heterocycles. The first-order valence-electron chi connectivity index (χ1n) is 8.36. The van der Waals surface area contributed by atoms with E-state index < -0.39 is 0 Å². The summed E-state index contributed by atoms with van der Waals surface area (Å²) in [5.74, 6) is 1.45. The van der Waals surface area contributed by atoms with E-state index in [0.717, 1.165) is 56.4 Å². The van der Waals surface area contributed by atoms with Gasteiger partial charge >= 0.3 is 0 Å². The van der Waals surface area contributed by atoms with Crippen LogP contribution in [0.25, 0.3) is 0 Å². The molecule has 0 radical (unpaired) electrons. The molecule has 1 aromatic carbocycles. The fraction of sp³-hybridized carbons (Fsp3) is 0.529. The van der Waals surface area contributed by atoms with E-state index in [-0.39, 0.29) is 0 Å². The molecule has 1 aliphatic heterocycles. The number of hydrogen-bond donors (Lipinski definition) is 3. The molecule has 7 nitrogen and oxygen atoms in total. The molecule has 138 valence electrons. The standard InChI is InChI=1S/C17H26N4O3S/c1-13(15-5-4-14(22-2)12-16(15)23-3)19-20-17(25)18-6-7-21-8-10-24-11-9-21/h4-5,12H,6-11H2,1-3H3,(H2,18,20,25)/p+1/b19-13-. The number of nitrogens with one attached hydrogen (secondary N) is 3. The second kappa shape index (κ2) is 10.2. The number of thiocarbonyl (C=S) groups is 1. The molecule has 8 heteroatoms. The van der Waals surface area contributed by atoms with Crippen LogP contribution in [0.3, 0.4) is 0 Å². The highest BCUT2D eigenvalue weighted by Gasteiger charge is 2.13. The molecule has 25 heavy (non-hydrogen) atoms. The van der Waals surface area contributed by atoms with Crippen LogP contribution in [0.2, 0.25) is 0 Å². The van der Waals surface area contributed by atoms with Gasteiger partial charge < -0.3 is 24.4 Å². The van der Waals surface area contributed by atoms with Crippen LogP contribution in [0.1, 0.15) is 12.5 Å². The third-order valence-electron chi connectivity index (χ3n) is 4.09. The Morgan fingerprint density at radius 3 is 2.72 bits per heavy atom. The molecule has 1 fully saturated rings. The summed E-state index contributed by atoms with van der Waals surface area (Å²) in [6, 6.07) is 5.62. The monoisotopic (exact) mass is 367 g/mol. The lowest BCUT2D eigenvalue weighted by molar-refractivity contribution is -0.906. The van der Waals surface area contributed by atoms with Gasteiger partial charge in [-0.1, -0.05) is 0 Å². The van der Waals surface area contributed by atoms with Crippen LogP contribution in [0.4, 0.5) is 0 Å². The Labute approximate surface area is 154 Å². The lowest BCUT2D eigenvalue weighted by Gasteiger charge is -2.23. The van der Waals surface area contributed by atoms with Crippen molar-refractivity contribution in [2.45, 2.75) is 6.92 Å². The second-order valence-electron chi connectivity index (χ2n) is 5.74. The van der Waals surface area contributed by atoms with Gasteiger partial charge in [0, 0.05) is 11.6 Å². The van der Waals surface area contributed by atoms with Crippen molar-refractivity contribution in [3.8, 4) is 11.5 Å². The zero-order valence-electron chi connectivity index (χ0n) is 15.1. The van der Waals surface area contributed by atoms with Gasteiger partial charge in [-0.3, -0.25) is 5.43 Å². The van der Waals surface area contributed by atoms with Crippen LogP contribution in [-0.4, -0.2) is 64.4 Å². The number of methoxy groups -OCH3 is 2. The predicted molar refractivity (Wildman–Crippen MR) is 102 cm³/mol. The van der Waals surface area contributed by atoms with E-state index in [9.17, 15) is 0 Å². The lowest BCUT2D eigenvalue weighted by Crippen LogP contribution is -3.14. The van der Waals surface area contributed by atoms with Gasteiger partial charge in [-0.15, -0.1) is 0 Å². The smallest absolute Gasteiger partial charge is 0.187 e. The maximum Gasteiger partial charge on any atom is 0.187 e. The molecule has 0 bridgehead atoms. The summed E-state index contributed by atoms with van der Waals surface area (Å²) in [4.78, 5) is 1.53. The summed E-state index contributed by atoms with van der Waals surface area (Å²) in [7, 11) is 3.25. The molecule has 2 rings (SSSR count). The molecule has 0 unspecified atom stereocenters. The van der Waals surface area contributed by atoms with Gasteiger partial charge in [-0.25, -0.2) is 0 Å². The summed E-state index contributed by atoms with van der Waals surface area (Å²) in [5, 5.41) is 8.04. The van der Waals surface area contributed by atoms with Crippen molar-refractivity contribution < 1.29 is 19.1 Å². The number of rotatable bonds is 7. The third-order valence-corrected chi connectivity index (χ3v) is 4.32. The van der Waals surface area contributed by atoms with Crippen molar-refractivity contribution in [3.63, 3.8) is 0 Å². The summed E-state index contributed by atoms with van der Waals surface area (Å²) in [5.41, 5.74) is 4.55. The van der Waals surface area contributed by atoms with Crippen LogP contribution in [0.15, 0.2) is 23.3 Å². The molecular formula is C17H27N4O3S+. The molecule has 0 saturated carbocycles. The number of ether oxygens (including phenoxy) is 3. The summed E-state index contributed by atoms with van der Waals surface area (Å²) >= 11 is 5.28. The number of quaternary nitrogens is 1. The molecule has 3 N–H and O–H groups in total. The predicted octanol–water partition coefficient (Wildman–Crippen LogP) is -0.193. The van der Waals surface area contributed by atoms with Gasteiger partial charge in [0.1, 0.15) is 24.6 Å². The lowest BCUT2D eigenvalue weighted by atomic mass is 10.1. The number of hydrogen-bond acceptors (Lipinski definition) is 5. The Kier molecular flexibility index (Phi) is 7.90. The minimum absolute atomic E-state index is 0.513. The van der Waals surface area contributed by atoms with E-state index in [1.807, 2.05) is 25.1 Å². The van der Waals surface area contributed by atoms with Crippen molar-refractivity contribution in [1.82, 2.24) is 10.7 Å². The van der Waals surface area contributed by atoms with E-state index in [4.69, 9.17) is 26.4 Å². The maximum absolute atomic E-state index is 5.40. The minimum Gasteiger partial charge on any atom is -0.497 e. The molecule has 0 atom stereocenters. The molecule has 0 aromatic heterocycles. The Hall–Kier alpha value is -1.90. The van der Waals surface area contributed by atoms with Crippen LogP contribution < -0.4 is 25.1 Å². The molecule has 0 aliphatic carbocycles. The van der Waals surface area contributed by atoms with Gasteiger partial charge in [0.2, 0.25) is 0 Å². The average molecular weight is 367 g/mol. The summed E-state index contributed by atoms with van der Waals surface area (Å²) in [6.45, 7) is 7.50. The van der Waals surface area contributed by atoms with Crippen molar-refractivity contribution in [2.24, 2.45) is 5.10 Å². The van der Waals surface area contributed by atoms with Gasteiger partial charge in [0.15, 0.2) is 5.11 Å². The van der Waals surface area contributed by atoms with Gasteiger partial charge in [-0.2, -0.15) is 5.10 Å². The van der Waals surface area contributed by atoms with Crippen molar-refractivity contribution in [1.29, 1.82) is 0 Å². The van der Waals surface area contributed by atoms with E-state index in [0.29, 0.717) is 10.9 Å². The highest BCUT2D eigenvalue weighted by Crippen LogP contribution is 2.24. The highest BCUT2D eigenvalue weighted by atomic mass is 32.1. The van der Waals surface area contributed by atoms with E-state index in [1.165, 1.54) is 4.90 Å². The minimum atomic E-state index is 0.513. The fourth-order valence-electron chi connectivity index (χ4n) is 2.59.